The van der Waals surface area contributed by atoms with Gasteiger partial charge in [0.15, 0.2) is 11.5 Å². The highest BCUT2D eigenvalue weighted by molar-refractivity contribution is 5.89. The van der Waals surface area contributed by atoms with Crippen LogP contribution in [0.2, 0.25) is 0 Å². The SMILES string of the molecule is CCCN1CCC2=NNC(c3ccc(OC)c(O)c3)C2C1. The number of hydrogen-bond acceptors (Lipinski definition) is 5. The molecule has 114 valence electrons. The molecule has 1 aromatic rings. The van der Waals surface area contributed by atoms with E-state index in [4.69, 9.17) is 4.74 Å². The van der Waals surface area contributed by atoms with Crippen LogP contribution >= 0.6 is 0 Å². The summed E-state index contributed by atoms with van der Waals surface area (Å²) in [6.07, 6.45) is 2.22. The summed E-state index contributed by atoms with van der Waals surface area (Å²) < 4.78 is 5.11. The second-order valence-electron chi connectivity index (χ2n) is 5.80. The van der Waals surface area contributed by atoms with E-state index in [1.54, 1.807) is 13.2 Å². The van der Waals surface area contributed by atoms with Crippen LogP contribution in [0.3, 0.4) is 0 Å². The van der Waals surface area contributed by atoms with Crippen LogP contribution in [0, 0.1) is 5.92 Å². The fraction of sp³-hybridized carbons (Fsp3) is 0.562. The average molecular weight is 289 g/mol. The number of ether oxygens (including phenoxy) is 1. The van der Waals surface area contributed by atoms with E-state index in [1.807, 2.05) is 12.1 Å². The molecule has 0 amide bonds. The molecule has 3 rings (SSSR count). The molecule has 2 aliphatic heterocycles. The first-order valence-corrected chi connectivity index (χ1v) is 7.64. The van der Waals surface area contributed by atoms with Crippen molar-refractivity contribution in [1.82, 2.24) is 10.3 Å². The number of methoxy groups -OCH3 is 1. The zero-order valence-corrected chi connectivity index (χ0v) is 12.7. The van der Waals surface area contributed by atoms with Gasteiger partial charge < -0.3 is 20.2 Å². The molecule has 2 unspecified atom stereocenters. The molecular weight excluding hydrogens is 266 g/mol. The van der Waals surface area contributed by atoms with Gasteiger partial charge in [0.1, 0.15) is 0 Å². The van der Waals surface area contributed by atoms with E-state index in [2.05, 4.69) is 22.4 Å². The minimum atomic E-state index is 0.150. The molecule has 1 saturated heterocycles. The smallest absolute Gasteiger partial charge is 0.160 e. The molecule has 2 atom stereocenters. The van der Waals surface area contributed by atoms with Gasteiger partial charge in [-0.15, -0.1) is 0 Å². The maximum absolute atomic E-state index is 9.98. The Balaban J connectivity index is 1.78. The molecule has 1 aromatic carbocycles. The molecular formula is C16H23N3O2. The fourth-order valence-corrected chi connectivity index (χ4v) is 3.34. The van der Waals surface area contributed by atoms with E-state index in [1.165, 1.54) is 12.1 Å². The number of fused-ring (bicyclic) bond motifs is 1. The van der Waals surface area contributed by atoms with Gasteiger partial charge in [-0.2, -0.15) is 5.10 Å². The molecule has 0 spiro atoms. The Hall–Kier alpha value is -1.75. The van der Waals surface area contributed by atoms with Crippen molar-refractivity contribution in [2.45, 2.75) is 25.8 Å². The molecule has 2 N–H and O–H groups in total. The van der Waals surface area contributed by atoms with Gasteiger partial charge in [0.05, 0.1) is 13.2 Å². The van der Waals surface area contributed by atoms with Gasteiger partial charge in [-0.1, -0.05) is 13.0 Å². The Morgan fingerprint density at radius 2 is 2.33 bits per heavy atom. The highest BCUT2D eigenvalue weighted by atomic mass is 16.5. The Bertz CT molecular complexity index is 544. The Morgan fingerprint density at radius 3 is 3.05 bits per heavy atom. The Labute approximate surface area is 125 Å². The van der Waals surface area contributed by atoms with Crippen LogP contribution < -0.4 is 10.2 Å². The zero-order chi connectivity index (χ0) is 14.8. The van der Waals surface area contributed by atoms with E-state index in [0.717, 1.165) is 31.6 Å². The molecule has 2 heterocycles. The second kappa shape index (κ2) is 5.93. The van der Waals surface area contributed by atoms with Gasteiger partial charge in [-0.25, -0.2) is 0 Å². The number of benzene rings is 1. The van der Waals surface area contributed by atoms with E-state index >= 15 is 0 Å². The van der Waals surface area contributed by atoms with E-state index < -0.39 is 0 Å². The summed E-state index contributed by atoms with van der Waals surface area (Å²) in [5.41, 5.74) is 5.58. The number of phenols is 1. The lowest BCUT2D eigenvalue weighted by atomic mass is 9.86. The normalized spacial score (nSPS) is 25.1. The molecule has 5 heteroatoms. The molecule has 0 radical (unpaired) electrons. The van der Waals surface area contributed by atoms with Crippen LogP contribution in [0.25, 0.3) is 0 Å². The number of nitrogens with zero attached hydrogens (tertiary/aromatic N) is 2. The molecule has 5 nitrogen and oxygen atoms in total. The first-order chi connectivity index (χ1) is 10.2. The van der Waals surface area contributed by atoms with Crippen molar-refractivity contribution < 1.29 is 9.84 Å². The predicted molar refractivity (Wildman–Crippen MR) is 82.8 cm³/mol. The molecule has 0 bridgehead atoms. The summed E-state index contributed by atoms with van der Waals surface area (Å²) in [6, 6.07) is 5.76. The molecule has 2 aliphatic rings. The van der Waals surface area contributed by atoms with Crippen molar-refractivity contribution in [3.8, 4) is 11.5 Å². The topological polar surface area (TPSA) is 57.1 Å². The number of aromatic hydroxyl groups is 1. The maximum atomic E-state index is 9.98. The summed E-state index contributed by atoms with van der Waals surface area (Å²) >= 11 is 0. The van der Waals surface area contributed by atoms with Crippen LogP contribution in [0.4, 0.5) is 0 Å². The van der Waals surface area contributed by atoms with Gasteiger partial charge in [-0.3, -0.25) is 0 Å². The number of hydrogen-bond donors (Lipinski definition) is 2. The van der Waals surface area contributed by atoms with Crippen molar-refractivity contribution in [2.75, 3.05) is 26.7 Å². The van der Waals surface area contributed by atoms with Crippen LogP contribution in [0.15, 0.2) is 23.3 Å². The van der Waals surface area contributed by atoms with Crippen molar-refractivity contribution in [1.29, 1.82) is 0 Å². The van der Waals surface area contributed by atoms with Crippen molar-refractivity contribution >= 4 is 5.71 Å². The quantitative estimate of drug-likeness (QED) is 0.891. The van der Waals surface area contributed by atoms with E-state index in [0.29, 0.717) is 11.7 Å². The first-order valence-electron chi connectivity index (χ1n) is 7.64. The minimum Gasteiger partial charge on any atom is -0.504 e. The predicted octanol–water partition coefficient (Wildman–Crippen LogP) is 2.13. The monoisotopic (exact) mass is 289 g/mol. The molecule has 1 fully saturated rings. The first kappa shape index (κ1) is 14.2. The van der Waals surface area contributed by atoms with Gasteiger partial charge in [0.2, 0.25) is 0 Å². The van der Waals surface area contributed by atoms with Gasteiger partial charge in [0.25, 0.3) is 0 Å². The standard InChI is InChI=1S/C16H23N3O2/c1-3-7-19-8-6-13-12(10-19)16(18-17-13)11-4-5-15(21-2)14(20)9-11/h4-5,9,12,16,18,20H,3,6-8,10H2,1-2H3. The van der Waals surface area contributed by atoms with Gasteiger partial charge in [0, 0.05) is 31.1 Å². The summed E-state index contributed by atoms with van der Waals surface area (Å²) in [5, 5.41) is 14.5. The van der Waals surface area contributed by atoms with E-state index in [-0.39, 0.29) is 11.8 Å². The van der Waals surface area contributed by atoms with Gasteiger partial charge >= 0.3 is 0 Å². The summed E-state index contributed by atoms with van der Waals surface area (Å²) in [4.78, 5) is 2.51. The summed E-state index contributed by atoms with van der Waals surface area (Å²) in [6.45, 7) is 5.50. The second-order valence-corrected chi connectivity index (χ2v) is 5.80. The zero-order valence-electron chi connectivity index (χ0n) is 12.7. The minimum absolute atomic E-state index is 0.150. The molecule has 0 aliphatic carbocycles. The van der Waals surface area contributed by atoms with Crippen molar-refractivity contribution in [3.63, 3.8) is 0 Å². The Morgan fingerprint density at radius 1 is 1.48 bits per heavy atom. The number of piperidine rings is 1. The lowest BCUT2D eigenvalue weighted by Crippen LogP contribution is -2.42. The summed E-state index contributed by atoms with van der Waals surface area (Å²) in [7, 11) is 1.56. The van der Waals surface area contributed by atoms with Gasteiger partial charge in [-0.05, 0) is 30.7 Å². The van der Waals surface area contributed by atoms with Crippen LogP contribution in [-0.4, -0.2) is 42.5 Å². The van der Waals surface area contributed by atoms with Crippen molar-refractivity contribution in [2.24, 2.45) is 11.0 Å². The largest absolute Gasteiger partial charge is 0.504 e. The van der Waals surface area contributed by atoms with Crippen LogP contribution in [-0.2, 0) is 0 Å². The third kappa shape index (κ3) is 2.70. The highest BCUT2D eigenvalue weighted by Gasteiger charge is 2.36. The number of rotatable bonds is 4. The third-order valence-corrected chi connectivity index (χ3v) is 4.42. The van der Waals surface area contributed by atoms with Crippen LogP contribution in [0.1, 0.15) is 31.4 Å². The highest BCUT2D eigenvalue weighted by Crippen LogP contribution is 2.36. The third-order valence-electron chi connectivity index (χ3n) is 4.42. The van der Waals surface area contributed by atoms with Crippen LogP contribution in [0.5, 0.6) is 11.5 Å². The maximum Gasteiger partial charge on any atom is 0.160 e. The number of likely N-dealkylation sites (tertiary alicyclic amines) is 1. The average Bonchev–Trinajstić information content (AvgIpc) is 2.90. The Kier molecular flexibility index (Phi) is 4.01. The van der Waals surface area contributed by atoms with E-state index in [9.17, 15) is 5.11 Å². The molecule has 0 aromatic heterocycles. The number of phenolic OH excluding ortho intramolecular Hbond substituents is 1. The fourth-order valence-electron chi connectivity index (χ4n) is 3.34. The lowest BCUT2D eigenvalue weighted by Gasteiger charge is -2.33. The molecule has 0 saturated carbocycles. The lowest BCUT2D eigenvalue weighted by molar-refractivity contribution is 0.228. The molecule has 21 heavy (non-hydrogen) atoms. The van der Waals surface area contributed by atoms with Crippen molar-refractivity contribution in [3.05, 3.63) is 23.8 Å². The summed E-state index contributed by atoms with van der Waals surface area (Å²) in [5.74, 6) is 1.10. The number of hydrazone groups is 1. The number of nitrogens with one attached hydrogen (secondary N) is 1.